The first kappa shape index (κ1) is 82.1. The van der Waals surface area contributed by atoms with Crippen LogP contribution in [-0.4, -0.2) is 59.8 Å². The third-order valence-electron chi connectivity index (χ3n) is 21.4. The van der Waals surface area contributed by atoms with Gasteiger partial charge in [0.2, 0.25) is 22.9 Å². The van der Waals surface area contributed by atoms with Gasteiger partial charge in [-0.05, 0) is 182 Å². The van der Waals surface area contributed by atoms with Crippen LogP contribution < -0.4 is 0 Å². The summed E-state index contributed by atoms with van der Waals surface area (Å²) < 4.78 is 161. The molecule has 0 aliphatic rings. The van der Waals surface area contributed by atoms with Crippen LogP contribution >= 0.6 is 0 Å². The first-order chi connectivity index (χ1) is 74.5. The van der Waals surface area contributed by atoms with E-state index in [9.17, 15) is 0 Å². The second-order valence-corrected chi connectivity index (χ2v) is 32.6. The van der Waals surface area contributed by atoms with Crippen molar-refractivity contribution in [2.24, 2.45) is 0 Å². The third kappa shape index (κ3) is 25.9. The van der Waals surface area contributed by atoms with Crippen molar-refractivity contribution in [2.45, 2.75) is 93.5 Å². The molecule has 0 aliphatic carbocycles. The predicted molar refractivity (Wildman–Crippen MR) is 554 cm³/mol. The van der Waals surface area contributed by atoms with Gasteiger partial charge >= 0.3 is 0 Å². The Morgan fingerprint density at radius 3 is 0.810 bits per heavy atom. The number of hydrogen-bond donors (Lipinski definition) is 0. The van der Waals surface area contributed by atoms with E-state index in [1.807, 2.05) is 250 Å². The van der Waals surface area contributed by atoms with Crippen LogP contribution in [0.2, 0.25) is 0 Å². The van der Waals surface area contributed by atoms with Gasteiger partial charge in [-0.25, -0.2) is 19.9 Å². The van der Waals surface area contributed by atoms with Crippen LogP contribution in [0.3, 0.4) is 0 Å². The molecule has 0 saturated heterocycles. The average Bonchev–Trinajstić information content (AvgIpc) is 1.50. The van der Waals surface area contributed by atoms with Gasteiger partial charge in [0.1, 0.15) is 0 Å². The largest absolute Gasteiger partial charge is 0.486 e. The van der Waals surface area contributed by atoms with E-state index >= 15 is 0 Å². The number of aromatic nitrogens is 12. The summed E-state index contributed by atoms with van der Waals surface area (Å²) in [5.74, 6) is 0. The quantitative estimate of drug-likeness (QED) is 0.130. The second kappa shape index (κ2) is 49.0. The van der Waals surface area contributed by atoms with Crippen LogP contribution in [-0.2, 0) is 91.3 Å². The standard InChI is InChI=1S/2C21H19N2O.2C18H13N2O.4C11H8N.4Ir/c2*1-13-8-10-17(22-12-13)16-7-5-6-14-15-9-11-18(21(2,3)4)23-20(15)24-19(14)16;1-11-6-9-16(19-10-11)15-5-3-4-13-14-8-7-12(2)20-18(14)21-17(13)15;1-11-8-9-19-16(10-11)15-5-3-4-13-14-7-6-12(2)20-18(14)21-17(13)15;4*1-2-6-10(7-3-1)11-8-4-5-9-12-11;;;;/h2*5-6,8-12H,1-4H3;2*3-4,6-10H,1-2H3;4*1-6,8-9H;;;;/q8*-1;;;;/i1D3,2D3,3D3;3*1D3;;;;;;;;. The van der Waals surface area contributed by atoms with Crippen LogP contribution in [0.25, 0.3) is 178 Å². The molecule has 0 unspecified atom stereocenters. The van der Waals surface area contributed by atoms with E-state index in [-0.39, 0.29) is 119 Å². The molecule has 0 N–H and O–H groups in total. The molecule has 8 aromatic carbocycles. The molecule has 0 saturated carbocycles. The summed E-state index contributed by atoms with van der Waals surface area (Å²) in [4.78, 5) is 51.8. The number of rotatable bonds is 8. The van der Waals surface area contributed by atoms with Gasteiger partial charge in [-0.15, -0.1) is 216 Å². The summed E-state index contributed by atoms with van der Waals surface area (Å²) in [5.41, 5.74) is 17.9. The summed E-state index contributed by atoms with van der Waals surface area (Å²) in [5, 5.41) is 6.80. The molecular formula is C122H96Ir4N12O4-8. The Labute approximate surface area is 906 Å². The zero-order valence-electron chi connectivity index (χ0n) is 95.0. The maximum absolute atomic E-state index is 7.85. The summed E-state index contributed by atoms with van der Waals surface area (Å²) in [6, 6.07) is 122. The van der Waals surface area contributed by atoms with Crippen molar-refractivity contribution in [1.82, 2.24) is 59.8 Å². The first-order valence-corrected chi connectivity index (χ1v) is 43.8. The van der Waals surface area contributed by atoms with Gasteiger partial charge in [0.15, 0.2) is 0 Å². The van der Waals surface area contributed by atoms with E-state index in [0.717, 1.165) is 101 Å². The molecule has 0 spiro atoms. The zero-order chi connectivity index (χ0) is 110. The fraction of sp³-hybridized carbons (Fsp3) is 0.115. The van der Waals surface area contributed by atoms with Gasteiger partial charge in [0.25, 0.3) is 0 Å². The van der Waals surface area contributed by atoms with Gasteiger partial charge in [-0.3, -0.25) is 0 Å². The maximum atomic E-state index is 7.85. The van der Waals surface area contributed by atoms with Crippen LogP contribution in [0.4, 0.5) is 0 Å². The average molecular weight is 2580 g/mol. The topological polar surface area (TPSA) is 207 Å². The smallest absolute Gasteiger partial charge is 0.216 e. The van der Waals surface area contributed by atoms with Gasteiger partial charge in [0.05, 0.1) is 22.3 Å². The SMILES string of the molecule is [2H]C([2H])([2H])c1ccc(-c2[c-]ccc3c2oc2nc(C(C)(C([2H])([2H])[2H])C([2H])([2H])[2H])ccc23)nc1.[2H]C([2H])([2H])c1ccc(-c2[c-]ccc3c2oc2nc(C(C)(C)C)ccc23)nc1.[2H]C([2H])([2H])c1ccc(-c2[c-]ccc3c2oc2nc(C)ccc23)nc1.[2H]C([2H])([2H])c1ccnc(-c2[c-]ccc3c2oc2nc(C)ccc23)c1.[Ir].[Ir].[Ir].[Ir].[c-]1ccccc1-c1ccccn1.[c-]1ccccc1-c1ccccn1.[c-]1ccccc1-c1ccccn1.[c-]1ccccc1-c1ccccn1. The van der Waals surface area contributed by atoms with E-state index in [2.05, 4.69) is 129 Å². The molecule has 24 rings (SSSR count). The van der Waals surface area contributed by atoms with Crippen molar-refractivity contribution in [3.8, 4) is 90.1 Å². The van der Waals surface area contributed by atoms with Crippen molar-refractivity contribution in [3.05, 3.63) is 459 Å². The molecule has 712 valence electrons. The summed E-state index contributed by atoms with van der Waals surface area (Å²) >= 11 is 0. The fourth-order valence-electron chi connectivity index (χ4n) is 14.6. The molecule has 0 amide bonds. The molecule has 142 heavy (non-hydrogen) atoms. The molecule has 16 heterocycles. The monoisotopic (exact) mass is 2580 g/mol. The van der Waals surface area contributed by atoms with Crippen LogP contribution in [0.1, 0.15) is 111 Å². The minimum absolute atomic E-state index is 0. The van der Waals surface area contributed by atoms with E-state index in [4.69, 9.17) is 42.3 Å². The number of aryl methyl sites for hydroxylation is 6. The Kier molecular flexibility index (Phi) is 28.3. The number of hydrogen-bond acceptors (Lipinski definition) is 16. The Morgan fingerprint density at radius 2 is 0.535 bits per heavy atom. The Balaban J connectivity index is 0.000000154. The third-order valence-corrected chi connectivity index (χ3v) is 21.4. The molecule has 16 aromatic heterocycles. The number of fused-ring (bicyclic) bond motifs is 12. The molecular weight excluding hydrogens is 2470 g/mol. The number of pyridine rings is 12. The van der Waals surface area contributed by atoms with E-state index in [1.54, 1.807) is 85.5 Å². The Hall–Kier alpha value is -14.6. The van der Waals surface area contributed by atoms with Crippen LogP contribution in [0.5, 0.6) is 0 Å². The van der Waals surface area contributed by atoms with Gasteiger partial charge in [0, 0.05) is 210 Å². The van der Waals surface area contributed by atoms with Gasteiger partial charge in [-0.1, -0.05) is 182 Å². The number of benzene rings is 8. The molecule has 0 aliphatic heterocycles. The molecule has 16 nitrogen and oxygen atoms in total. The molecule has 0 atom stereocenters. The van der Waals surface area contributed by atoms with Crippen molar-refractivity contribution < 1.29 is 123 Å². The van der Waals surface area contributed by atoms with E-state index in [0.29, 0.717) is 95.3 Å². The van der Waals surface area contributed by atoms with Gasteiger partial charge in [-0.2, -0.15) is 0 Å². The maximum Gasteiger partial charge on any atom is 0.216 e. The predicted octanol–water partition coefficient (Wildman–Crippen LogP) is 30.0. The number of furan rings is 4. The zero-order valence-corrected chi connectivity index (χ0v) is 86.6. The van der Waals surface area contributed by atoms with Gasteiger partial charge < -0.3 is 57.5 Å². The molecule has 20 heteroatoms. The van der Waals surface area contributed by atoms with Crippen molar-refractivity contribution in [1.29, 1.82) is 0 Å². The molecule has 24 aromatic rings. The van der Waals surface area contributed by atoms with Crippen molar-refractivity contribution >= 4 is 88.3 Å². The first-order valence-electron chi connectivity index (χ1n) is 52.8. The number of nitrogens with zero attached hydrogens (tertiary/aromatic N) is 12. The molecule has 4 radical (unpaired) electrons. The summed E-state index contributed by atoms with van der Waals surface area (Å²) in [6.07, 6.45) is 12.7. The summed E-state index contributed by atoms with van der Waals surface area (Å²) in [6.45, 7) is -3.17. The Morgan fingerprint density at radius 1 is 0.239 bits per heavy atom. The Bertz CT molecular complexity index is 8500. The van der Waals surface area contributed by atoms with Crippen molar-refractivity contribution in [2.75, 3.05) is 0 Å². The second-order valence-electron chi connectivity index (χ2n) is 32.6. The van der Waals surface area contributed by atoms with Crippen molar-refractivity contribution in [3.63, 3.8) is 0 Å². The minimum Gasteiger partial charge on any atom is -0.486 e. The van der Waals surface area contributed by atoms with Crippen LogP contribution in [0, 0.1) is 89.8 Å². The molecule has 0 bridgehead atoms. The van der Waals surface area contributed by atoms with E-state index in [1.165, 1.54) is 43.0 Å². The van der Waals surface area contributed by atoms with Crippen LogP contribution in [0.15, 0.2) is 383 Å². The summed E-state index contributed by atoms with van der Waals surface area (Å²) in [7, 11) is 0. The minimum atomic E-state index is -2.84. The normalized spacial score (nSPS) is 13.1. The fourth-order valence-corrected chi connectivity index (χ4v) is 14.6. The molecule has 0 fully saturated rings. The van der Waals surface area contributed by atoms with E-state index < -0.39 is 46.5 Å².